The first-order valence-electron chi connectivity index (χ1n) is 7.71. The van der Waals surface area contributed by atoms with Crippen LogP contribution in [-0.2, 0) is 15.1 Å². The molecule has 152 valence electrons. The van der Waals surface area contributed by atoms with Crippen LogP contribution in [0.5, 0.6) is 0 Å². The molecule has 0 spiro atoms. The molecule has 1 aromatic carbocycles. The highest BCUT2D eigenvalue weighted by Crippen LogP contribution is 2.32. The topological polar surface area (TPSA) is 123 Å². The number of anilines is 2. The molecule has 0 bridgehead atoms. The van der Waals surface area contributed by atoms with Gasteiger partial charge < -0.3 is 25.4 Å². The molecule has 1 aliphatic heterocycles. The van der Waals surface area contributed by atoms with Crippen LogP contribution in [0.25, 0.3) is 0 Å². The zero-order valence-corrected chi connectivity index (χ0v) is 14.5. The molecule has 0 radical (unpaired) electrons. The number of carbonyl (C=O) groups is 1. The van der Waals surface area contributed by atoms with Crippen molar-refractivity contribution in [3.63, 3.8) is 0 Å². The Morgan fingerprint density at radius 2 is 2.04 bits per heavy atom. The van der Waals surface area contributed by atoms with Crippen molar-refractivity contribution in [2.24, 2.45) is 10.7 Å². The summed E-state index contributed by atoms with van der Waals surface area (Å²) < 4.78 is 56.0. The Bertz CT molecular complexity index is 855. The number of carboxylic acid groups (broad SMARTS) is 1. The molecule has 0 fully saturated rings. The lowest BCUT2D eigenvalue weighted by Crippen LogP contribution is -2.38. The Hall–Kier alpha value is -3.15. The van der Waals surface area contributed by atoms with Crippen LogP contribution in [-0.4, -0.2) is 41.5 Å². The molecule has 1 atom stereocenters. The number of amidine groups is 1. The molecule has 0 unspecified atom stereocenters. The molecule has 0 aliphatic carbocycles. The average Bonchev–Trinajstić information content (AvgIpc) is 3.09. The molecular formula is C16H16F4N4O4. The monoisotopic (exact) mass is 404 g/mol. The molecule has 2 heterocycles. The molecule has 1 aromatic heterocycles. The van der Waals surface area contributed by atoms with Crippen molar-refractivity contribution in [2.45, 2.75) is 18.6 Å². The van der Waals surface area contributed by atoms with Crippen LogP contribution in [0, 0.1) is 5.82 Å². The Morgan fingerprint density at radius 1 is 1.36 bits per heavy atom. The molecule has 2 aromatic rings. The number of hydrogen-bond acceptors (Lipinski definition) is 7. The number of benzene rings is 1. The highest BCUT2D eigenvalue weighted by Gasteiger charge is 2.38. The molecular weight excluding hydrogens is 388 g/mol. The van der Waals surface area contributed by atoms with Gasteiger partial charge in [0.2, 0.25) is 0 Å². The van der Waals surface area contributed by atoms with Gasteiger partial charge in [0, 0.05) is 17.3 Å². The van der Waals surface area contributed by atoms with Gasteiger partial charge >= 0.3 is 12.1 Å². The standard InChI is InChI=1S/C14H15FN4O2.C2HF3O2/c1-14(8-20-7-12(16)18-14)10-6-9(2-3-11(10)15)17-13-4-5-21-19-13;3-2(4,5)1(6)7/h2-6H,7-8H2,1H3,(H2,16,18)(H,17,19);(H,6,7)/t14-;/m0./s1. The zero-order valence-electron chi connectivity index (χ0n) is 14.5. The van der Waals surface area contributed by atoms with Crippen LogP contribution in [0.4, 0.5) is 29.1 Å². The maximum absolute atomic E-state index is 14.2. The number of aliphatic imine (C=N–C) groups is 1. The summed E-state index contributed by atoms with van der Waals surface area (Å²) >= 11 is 0. The van der Waals surface area contributed by atoms with Gasteiger partial charge in [0.15, 0.2) is 5.82 Å². The minimum Gasteiger partial charge on any atom is -0.475 e. The second-order valence-electron chi connectivity index (χ2n) is 5.88. The SMILES string of the molecule is C[C@@]1(c2cc(Nc3ccon3)ccc2F)COCC(N)=N1.O=C(O)C(F)(F)F. The zero-order chi connectivity index (χ0) is 20.9. The van der Waals surface area contributed by atoms with Crippen molar-refractivity contribution in [3.8, 4) is 0 Å². The molecule has 28 heavy (non-hydrogen) atoms. The predicted molar refractivity (Wildman–Crippen MR) is 89.7 cm³/mol. The van der Waals surface area contributed by atoms with Gasteiger partial charge in [-0.15, -0.1) is 0 Å². The summed E-state index contributed by atoms with van der Waals surface area (Å²) in [4.78, 5) is 13.2. The fourth-order valence-corrected chi connectivity index (χ4v) is 2.31. The van der Waals surface area contributed by atoms with Crippen molar-refractivity contribution in [1.82, 2.24) is 5.16 Å². The molecule has 8 nitrogen and oxygen atoms in total. The first-order chi connectivity index (χ1) is 13.0. The summed E-state index contributed by atoms with van der Waals surface area (Å²) in [6.07, 6.45) is -3.63. The van der Waals surface area contributed by atoms with Gasteiger partial charge in [0.05, 0.1) is 6.61 Å². The fraction of sp³-hybridized carbons (Fsp3) is 0.312. The van der Waals surface area contributed by atoms with Crippen LogP contribution in [0.1, 0.15) is 12.5 Å². The number of nitrogens with two attached hydrogens (primary N) is 1. The number of aliphatic carboxylic acids is 1. The summed E-state index contributed by atoms with van der Waals surface area (Å²) in [5, 5.41) is 13.9. The second-order valence-corrected chi connectivity index (χ2v) is 5.88. The number of carboxylic acids is 1. The van der Waals surface area contributed by atoms with E-state index in [1.165, 1.54) is 12.3 Å². The van der Waals surface area contributed by atoms with Gasteiger partial charge in [-0.1, -0.05) is 5.16 Å². The third-order valence-corrected chi connectivity index (χ3v) is 3.52. The minimum absolute atomic E-state index is 0.272. The van der Waals surface area contributed by atoms with E-state index >= 15 is 0 Å². The first kappa shape index (κ1) is 21.2. The maximum atomic E-state index is 14.2. The number of hydrogen-bond donors (Lipinski definition) is 3. The van der Waals surface area contributed by atoms with E-state index in [9.17, 15) is 17.6 Å². The molecule has 1 aliphatic rings. The molecule has 0 saturated heterocycles. The van der Waals surface area contributed by atoms with E-state index in [2.05, 4.69) is 15.5 Å². The van der Waals surface area contributed by atoms with E-state index < -0.39 is 17.7 Å². The second kappa shape index (κ2) is 8.25. The molecule has 3 rings (SSSR count). The van der Waals surface area contributed by atoms with Crippen LogP contribution in [0.15, 0.2) is 40.0 Å². The Morgan fingerprint density at radius 3 is 2.57 bits per heavy atom. The number of ether oxygens (including phenoxy) is 1. The van der Waals surface area contributed by atoms with E-state index in [1.807, 2.05) is 0 Å². The summed E-state index contributed by atoms with van der Waals surface area (Å²) in [5.74, 6) is -2.21. The number of nitrogens with zero attached hydrogens (tertiary/aromatic N) is 2. The Kier molecular flexibility index (Phi) is 6.23. The third kappa shape index (κ3) is 5.42. The molecule has 12 heteroatoms. The highest BCUT2D eigenvalue weighted by atomic mass is 19.4. The van der Waals surface area contributed by atoms with Crippen LogP contribution in [0.3, 0.4) is 0 Å². The van der Waals surface area contributed by atoms with Gasteiger partial charge in [-0.2, -0.15) is 13.2 Å². The molecule has 0 saturated carbocycles. The van der Waals surface area contributed by atoms with Gasteiger partial charge in [-0.05, 0) is 25.1 Å². The minimum atomic E-state index is -5.08. The van der Waals surface area contributed by atoms with E-state index in [4.69, 9.17) is 24.9 Å². The highest BCUT2D eigenvalue weighted by molar-refractivity contribution is 5.82. The summed E-state index contributed by atoms with van der Waals surface area (Å²) in [7, 11) is 0. The number of alkyl halides is 3. The molecule has 0 amide bonds. The number of nitrogens with one attached hydrogen (secondary N) is 1. The third-order valence-electron chi connectivity index (χ3n) is 3.52. The van der Waals surface area contributed by atoms with Gasteiger partial charge in [0.1, 0.15) is 30.1 Å². The van der Waals surface area contributed by atoms with E-state index in [-0.39, 0.29) is 19.0 Å². The maximum Gasteiger partial charge on any atom is 0.490 e. The smallest absolute Gasteiger partial charge is 0.475 e. The lowest BCUT2D eigenvalue weighted by molar-refractivity contribution is -0.192. The van der Waals surface area contributed by atoms with Crippen molar-refractivity contribution in [1.29, 1.82) is 0 Å². The number of rotatable bonds is 3. The van der Waals surface area contributed by atoms with E-state index in [0.717, 1.165) is 0 Å². The average molecular weight is 404 g/mol. The summed E-state index contributed by atoms with van der Waals surface area (Å²) in [5.41, 5.74) is 5.97. The van der Waals surface area contributed by atoms with Crippen LogP contribution in [0.2, 0.25) is 0 Å². The van der Waals surface area contributed by atoms with Crippen molar-refractivity contribution < 1.29 is 36.7 Å². The Balaban J connectivity index is 0.000000345. The van der Waals surface area contributed by atoms with Gasteiger partial charge in [-0.3, -0.25) is 4.99 Å². The molecule has 4 N–H and O–H groups in total. The van der Waals surface area contributed by atoms with E-state index in [0.29, 0.717) is 22.9 Å². The van der Waals surface area contributed by atoms with E-state index in [1.54, 1.807) is 25.1 Å². The lowest BCUT2D eigenvalue weighted by atomic mass is 9.92. The van der Waals surface area contributed by atoms with Crippen LogP contribution < -0.4 is 11.1 Å². The largest absolute Gasteiger partial charge is 0.490 e. The van der Waals surface area contributed by atoms with Gasteiger partial charge in [-0.25, -0.2) is 9.18 Å². The summed E-state index contributed by atoms with van der Waals surface area (Å²) in [6.45, 7) is 2.34. The fourth-order valence-electron chi connectivity index (χ4n) is 2.31. The van der Waals surface area contributed by atoms with Crippen molar-refractivity contribution >= 4 is 23.3 Å². The summed E-state index contributed by atoms with van der Waals surface area (Å²) in [6, 6.07) is 6.34. The van der Waals surface area contributed by atoms with Gasteiger partial charge in [0.25, 0.3) is 0 Å². The van der Waals surface area contributed by atoms with Crippen LogP contribution >= 0.6 is 0 Å². The first-order valence-corrected chi connectivity index (χ1v) is 7.71. The number of halogens is 4. The predicted octanol–water partition coefficient (Wildman–Crippen LogP) is 2.79. The lowest BCUT2D eigenvalue weighted by Gasteiger charge is -2.30. The quantitative estimate of drug-likeness (QED) is 0.672. The van der Waals surface area contributed by atoms with Crippen molar-refractivity contribution in [2.75, 3.05) is 18.5 Å². The van der Waals surface area contributed by atoms with Crippen molar-refractivity contribution in [3.05, 3.63) is 41.9 Å². The number of aromatic nitrogens is 1. The Labute approximate surface area is 156 Å². The normalized spacial score (nSPS) is 19.2.